The highest BCUT2D eigenvalue weighted by Crippen LogP contribution is 2.43. The van der Waals surface area contributed by atoms with Crippen molar-refractivity contribution in [2.45, 2.75) is 71.7 Å². The highest BCUT2D eigenvalue weighted by Gasteiger charge is 2.59. The van der Waals surface area contributed by atoms with E-state index in [-0.39, 0.29) is 5.92 Å². The zero-order valence-electron chi connectivity index (χ0n) is 12.3. The summed E-state index contributed by atoms with van der Waals surface area (Å²) < 4.78 is 10.2. The molecule has 0 aromatic heterocycles. The molecule has 1 rings (SSSR count). The molecule has 1 saturated heterocycles. The molecule has 1 unspecified atom stereocenters. The Morgan fingerprint density at radius 2 is 1.79 bits per heavy atom. The van der Waals surface area contributed by atoms with Crippen molar-refractivity contribution in [2.75, 3.05) is 6.61 Å². The van der Waals surface area contributed by atoms with Crippen LogP contribution in [0.5, 0.6) is 0 Å². The van der Waals surface area contributed by atoms with Gasteiger partial charge in [-0.1, -0.05) is 46.5 Å². The second-order valence-electron chi connectivity index (χ2n) is 4.93. The molecule has 1 fully saturated rings. The van der Waals surface area contributed by atoms with Crippen LogP contribution in [0.1, 0.15) is 65.7 Å². The molecular weight excluding hydrogens is 248 g/mol. The van der Waals surface area contributed by atoms with Crippen LogP contribution in [-0.2, 0) is 19.2 Å². The summed E-state index contributed by atoms with van der Waals surface area (Å²) in [5.41, 5.74) is 0. The van der Waals surface area contributed by atoms with Gasteiger partial charge in [0.15, 0.2) is 0 Å². The van der Waals surface area contributed by atoms with Crippen molar-refractivity contribution in [3.8, 4) is 0 Å². The number of unbranched alkanes of at least 4 members (excludes halogenated alkanes) is 3. The number of rotatable bonds is 10. The molecule has 0 aliphatic carbocycles. The summed E-state index contributed by atoms with van der Waals surface area (Å²) in [7, 11) is 0. The van der Waals surface area contributed by atoms with Gasteiger partial charge in [0.05, 0.1) is 12.5 Å². The van der Waals surface area contributed by atoms with Crippen molar-refractivity contribution < 1.29 is 24.0 Å². The lowest BCUT2D eigenvalue weighted by molar-refractivity contribution is -0.0800. The van der Waals surface area contributed by atoms with Crippen molar-refractivity contribution >= 4 is 6.16 Å². The number of hydrogen-bond donors (Lipinski definition) is 0. The minimum atomic E-state index is -1.19. The van der Waals surface area contributed by atoms with Gasteiger partial charge in [-0.3, -0.25) is 0 Å². The number of hydrogen-bond acceptors (Lipinski definition) is 5. The van der Waals surface area contributed by atoms with Gasteiger partial charge in [0.25, 0.3) is 0 Å². The molecule has 0 spiro atoms. The van der Waals surface area contributed by atoms with E-state index in [1.54, 1.807) is 0 Å². The second-order valence-corrected chi connectivity index (χ2v) is 4.93. The van der Waals surface area contributed by atoms with Crippen LogP contribution in [0.25, 0.3) is 0 Å². The summed E-state index contributed by atoms with van der Waals surface area (Å²) in [6, 6.07) is 0. The van der Waals surface area contributed by atoms with Gasteiger partial charge in [0.2, 0.25) is 0 Å². The van der Waals surface area contributed by atoms with Gasteiger partial charge in [-0.25, -0.2) is 4.79 Å². The van der Waals surface area contributed by atoms with E-state index in [0.29, 0.717) is 6.61 Å². The smallest absolute Gasteiger partial charge is 0.434 e. The van der Waals surface area contributed by atoms with Gasteiger partial charge in [-0.05, 0) is 19.3 Å². The first-order valence-corrected chi connectivity index (χ1v) is 7.41. The van der Waals surface area contributed by atoms with Crippen LogP contribution in [0.3, 0.4) is 0 Å². The highest BCUT2D eigenvalue weighted by molar-refractivity contribution is 5.60. The molecule has 1 aliphatic heterocycles. The normalized spacial score (nSPS) is 17.8. The van der Waals surface area contributed by atoms with Crippen molar-refractivity contribution in [1.82, 2.24) is 0 Å². The van der Waals surface area contributed by atoms with E-state index >= 15 is 0 Å². The molecule has 112 valence electrons. The predicted molar refractivity (Wildman–Crippen MR) is 70.2 cm³/mol. The largest absolute Gasteiger partial charge is 0.512 e. The van der Waals surface area contributed by atoms with Crippen LogP contribution < -0.4 is 0 Å². The molecule has 0 amide bonds. The van der Waals surface area contributed by atoms with E-state index in [4.69, 9.17) is 19.2 Å². The summed E-state index contributed by atoms with van der Waals surface area (Å²) in [6.07, 6.45) is 6.18. The van der Waals surface area contributed by atoms with Crippen molar-refractivity contribution in [1.29, 1.82) is 0 Å². The van der Waals surface area contributed by atoms with E-state index in [2.05, 4.69) is 13.8 Å². The van der Waals surface area contributed by atoms with Crippen molar-refractivity contribution in [3.05, 3.63) is 0 Å². The van der Waals surface area contributed by atoms with E-state index < -0.39 is 12.1 Å². The van der Waals surface area contributed by atoms with E-state index in [0.717, 1.165) is 44.9 Å². The maximum Gasteiger partial charge on any atom is 0.512 e. The third-order valence-corrected chi connectivity index (χ3v) is 3.34. The molecule has 5 heteroatoms. The van der Waals surface area contributed by atoms with Gasteiger partial charge in [-0.15, -0.1) is 0 Å². The number of ether oxygens (including phenoxy) is 2. The third kappa shape index (κ3) is 5.37. The fourth-order valence-corrected chi connectivity index (χ4v) is 2.03. The fraction of sp³-hybridized carbons (Fsp3) is 0.929. The SMILES string of the molecule is CCCCCOC(=O)OC1(C(CC)CCCC)OO1. The van der Waals surface area contributed by atoms with Gasteiger partial charge >= 0.3 is 12.1 Å². The van der Waals surface area contributed by atoms with Crippen LogP contribution in [0.2, 0.25) is 0 Å². The van der Waals surface area contributed by atoms with Crippen LogP contribution in [0.15, 0.2) is 0 Å². The topological polar surface area (TPSA) is 60.6 Å². The summed E-state index contributed by atoms with van der Waals surface area (Å²) in [5, 5.41) is 0. The summed E-state index contributed by atoms with van der Waals surface area (Å²) in [6.45, 7) is 6.63. The first-order chi connectivity index (χ1) is 9.18. The average Bonchev–Trinajstić information content (AvgIpc) is 3.16. The quantitative estimate of drug-likeness (QED) is 0.259. The lowest BCUT2D eigenvalue weighted by atomic mass is 9.97. The predicted octanol–water partition coefficient (Wildman–Crippen LogP) is 4.16. The maximum absolute atomic E-state index is 11.6. The van der Waals surface area contributed by atoms with Crippen LogP contribution >= 0.6 is 0 Å². The summed E-state index contributed by atoms with van der Waals surface area (Å²) in [5.74, 6) is -1.12. The fourth-order valence-electron chi connectivity index (χ4n) is 2.03. The highest BCUT2D eigenvalue weighted by atomic mass is 17.5. The minimum Gasteiger partial charge on any atom is -0.434 e. The zero-order chi connectivity index (χ0) is 14.1. The Bertz CT molecular complexity index is 263. The van der Waals surface area contributed by atoms with Crippen molar-refractivity contribution in [2.24, 2.45) is 5.92 Å². The Kier molecular flexibility index (Phi) is 7.16. The number of carbonyl (C=O) groups excluding carboxylic acids is 1. The average molecular weight is 274 g/mol. The minimum absolute atomic E-state index is 0.0654. The van der Waals surface area contributed by atoms with E-state index in [1.165, 1.54) is 0 Å². The first kappa shape index (κ1) is 16.2. The van der Waals surface area contributed by atoms with Crippen molar-refractivity contribution in [3.63, 3.8) is 0 Å². The Morgan fingerprint density at radius 1 is 1.11 bits per heavy atom. The molecule has 1 aliphatic rings. The Morgan fingerprint density at radius 3 is 2.32 bits per heavy atom. The molecule has 5 nitrogen and oxygen atoms in total. The first-order valence-electron chi connectivity index (χ1n) is 7.41. The molecule has 0 N–H and O–H groups in total. The van der Waals surface area contributed by atoms with E-state index in [9.17, 15) is 4.79 Å². The van der Waals surface area contributed by atoms with Crippen LogP contribution in [0.4, 0.5) is 4.79 Å². The van der Waals surface area contributed by atoms with Gasteiger partial charge in [-0.2, -0.15) is 9.78 Å². The molecule has 1 heterocycles. The molecule has 0 radical (unpaired) electrons. The molecular formula is C14H26O5. The zero-order valence-corrected chi connectivity index (χ0v) is 12.3. The monoisotopic (exact) mass is 274 g/mol. The maximum atomic E-state index is 11.6. The second kappa shape index (κ2) is 8.38. The number of carbonyl (C=O) groups is 1. The van der Waals surface area contributed by atoms with E-state index in [1.807, 2.05) is 6.92 Å². The molecule has 0 bridgehead atoms. The Hall–Kier alpha value is -0.810. The van der Waals surface area contributed by atoms with Crippen LogP contribution in [0, 0.1) is 5.92 Å². The molecule has 19 heavy (non-hydrogen) atoms. The van der Waals surface area contributed by atoms with Gasteiger partial charge in [0.1, 0.15) is 0 Å². The Labute approximate surface area is 115 Å². The van der Waals surface area contributed by atoms with Gasteiger partial charge < -0.3 is 9.47 Å². The summed E-state index contributed by atoms with van der Waals surface area (Å²) in [4.78, 5) is 21.4. The molecule has 0 saturated carbocycles. The van der Waals surface area contributed by atoms with Crippen LogP contribution in [-0.4, -0.2) is 18.7 Å². The molecule has 0 aromatic rings. The lowest BCUT2D eigenvalue weighted by Crippen LogP contribution is -2.30. The standard InChI is InChI=1S/C14H26O5/c1-4-7-9-11-16-13(15)17-14(18-19-14)12(6-3)10-8-5-2/h12H,4-11H2,1-3H3. The molecule has 1 atom stereocenters. The molecule has 0 aromatic carbocycles. The van der Waals surface area contributed by atoms with Gasteiger partial charge in [0, 0.05) is 0 Å². The summed E-state index contributed by atoms with van der Waals surface area (Å²) >= 11 is 0. The Balaban J connectivity index is 2.30. The lowest BCUT2D eigenvalue weighted by Gasteiger charge is -2.18. The third-order valence-electron chi connectivity index (χ3n) is 3.34.